The maximum atomic E-state index is 11.5. The largest absolute Gasteiger partial charge is 0.442 e. The number of amides is 1. The molecule has 3 N–H and O–H groups in total. The van der Waals surface area contributed by atoms with Gasteiger partial charge in [-0.3, -0.25) is 4.84 Å². The van der Waals surface area contributed by atoms with Crippen molar-refractivity contribution in [1.29, 1.82) is 0 Å². The highest BCUT2D eigenvalue weighted by molar-refractivity contribution is 5.66. The standard InChI is InChI=1S/C14H29N3O3/c1-13(2,3)20-12(18)16-19-11-14(5-8-15)6-9-17(4)10-7-14/h5-11,15H2,1-4H3,(H,16,18). The lowest BCUT2D eigenvalue weighted by molar-refractivity contribution is -0.0545. The van der Waals surface area contributed by atoms with E-state index in [9.17, 15) is 4.79 Å². The van der Waals surface area contributed by atoms with Crippen LogP contribution in [0.4, 0.5) is 4.79 Å². The SMILES string of the molecule is CN1CCC(CCN)(CONC(=O)OC(C)(C)C)CC1. The molecule has 118 valence electrons. The lowest BCUT2D eigenvalue weighted by atomic mass is 9.76. The van der Waals surface area contributed by atoms with Crippen molar-refractivity contribution in [3.8, 4) is 0 Å². The van der Waals surface area contributed by atoms with E-state index in [0.29, 0.717) is 13.2 Å². The zero-order valence-corrected chi connectivity index (χ0v) is 13.2. The maximum Gasteiger partial charge on any atom is 0.431 e. The van der Waals surface area contributed by atoms with Gasteiger partial charge in [0.05, 0.1) is 6.61 Å². The summed E-state index contributed by atoms with van der Waals surface area (Å²) in [6.07, 6.45) is 2.44. The molecule has 0 aromatic carbocycles. The number of hydrogen-bond acceptors (Lipinski definition) is 5. The molecule has 1 heterocycles. The Morgan fingerprint density at radius 3 is 2.45 bits per heavy atom. The maximum absolute atomic E-state index is 11.5. The van der Waals surface area contributed by atoms with E-state index in [0.717, 1.165) is 32.4 Å². The van der Waals surface area contributed by atoms with Gasteiger partial charge in [0.1, 0.15) is 5.60 Å². The molecule has 0 spiro atoms. The van der Waals surface area contributed by atoms with Crippen molar-refractivity contribution < 1.29 is 14.4 Å². The number of carbonyl (C=O) groups excluding carboxylic acids is 1. The molecule has 1 aliphatic rings. The molecule has 0 saturated carbocycles. The molecule has 0 unspecified atom stereocenters. The Bertz CT molecular complexity index is 307. The van der Waals surface area contributed by atoms with Crippen molar-refractivity contribution in [2.24, 2.45) is 11.1 Å². The molecule has 0 aromatic heterocycles. The zero-order valence-electron chi connectivity index (χ0n) is 13.2. The molecule has 1 fully saturated rings. The van der Waals surface area contributed by atoms with Gasteiger partial charge in [-0.2, -0.15) is 5.48 Å². The van der Waals surface area contributed by atoms with Crippen LogP contribution in [0.1, 0.15) is 40.0 Å². The van der Waals surface area contributed by atoms with Gasteiger partial charge in [0, 0.05) is 0 Å². The van der Waals surface area contributed by atoms with E-state index in [1.165, 1.54) is 0 Å². The number of likely N-dealkylation sites (tertiary alicyclic amines) is 1. The smallest absolute Gasteiger partial charge is 0.431 e. The molecule has 0 bridgehead atoms. The minimum absolute atomic E-state index is 0.0657. The average Bonchev–Trinajstić information content (AvgIpc) is 2.31. The van der Waals surface area contributed by atoms with Gasteiger partial charge in [0.15, 0.2) is 0 Å². The predicted octanol–water partition coefficient (Wildman–Crippen LogP) is 1.50. The van der Waals surface area contributed by atoms with Crippen LogP contribution in [-0.2, 0) is 9.57 Å². The normalized spacial score (nSPS) is 19.6. The average molecular weight is 287 g/mol. The van der Waals surface area contributed by atoms with E-state index in [1.54, 1.807) is 0 Å². The fraction of sp³-hybridized carbons (Fsp3) is 0.929. The quantitative estimate of drug-likeness (QED) is 0.749. The first-order chi connectivity index (χ1) is 9.26. The molecule has 0 radical (unpaired) electrons. The Morgan fingerprint density at radius 1 is 1.35 bits per heavy atom. The second kappa shape index (κ2) is 7.24. The monoisotopic (exact) mass is 287 g/mol. The van der Waals surface area contributed by atoms with E-state index < -0.39 is 11.7 Å². The summed E-state index contributed by atoms with van der Waals surface area (Å²) in [7, 11) is 2.12. The first kappa shape index (κ1) is 17.2. The fourth-order valence-electron chi connectivity index (χ4n) is 2.41. The van der Waals surface area contributed by atoms with Gasteiger partial charge < -0.3 is 15.4 Å². The first-order valence-corrected chi connectivity index (χ1v) is 7.26. The van der Waals surface area contributed by atoms with E-state index in [4.69, 9.17) is 15.3 Å². The van der Waals surface area contributed by atoms with Crippen LogP contribution in [-0.4, -0.2) is 49.9 Å². The molecular weight excluding hydrogens is 258 g/mol. The van der Waals surface area contributed by atoms with Crippen LogP contribution < -0.4 is 11.2 Å². The number of ether oxygens (including phenoxy) is 1. The summed E-state index contributed by atoms with van der Waals surface area (Å²) in [6.45, 7) is 8.65. The topological polar surface area (TPSA) is 76.8 Å². The van der Waals surface area contributed by atoms with Crippen LogP contribution in [0.3, 0.4) is 0 Å². The lowest BCUT2D eigenvalue weighted by Crippen LogP contribution is -2.44. The number of rotatable bonds is 5. The Balaban J connectivity index is 2.38. The molecule has 1 aliphatic heterocycles. The predicted molar refractivity (Wildman–Crippen MR) is 78.2 cm³/mol. The number of carbonyl (C=O) groups is 1. The zero-order chi connectivity index (χ0) is 15.2. The second-order valence-corrected chi connectivity index (χ2v) is 6.73. The van der Waals surface area contributed by atoms with Crippen LogP contribution in [0, 0.1) is 5.41 Å². The van der Waals surface area contributed by atoms with Gasteiger partial charge in [0.2, 0.25) is 0 Å². The van der Waals surface area contributed by atoms with E-state index in [2.05, 4.69) is 17.4 Å². The van der Waals surface area contributed by atoms with Crippen molar-refractivity contribution in [2.45, 2.75) is 45.6 Å². The van der Waals surface area contributed by atoms with Crippen LogP contribution in [0.25, 0.3) is 0 Å². The van der Waals surface area contributed by atoms with Gasteiger partial charge in [-0.05, 0) is 72.1 Å². The molecule has 1 amide bonds. The van der Waals surface area contributed by atoms with Gasteiger partial charge in [-0.1, -0.05) is 0 Å². The molecule has 0 aliphatic carbocycles. The van der Waals surface area contributed by atoms with Gasteiger partial charge in [-0.15, -0.1) is 0 Å². The summed E-state index contributed by atoms with van der Waals surface area (Å²) in [6, 6.07) is 0. The molecule has 0 atom stereocenters. The summed E-state index contributed by atoms with van der Waals surface area (Å²) in [4.78, 5) is 19.2. The van der Waals surface area contributed by atoms with Crippen molar-refractivity contribution in [3.05, 3.63) is 0 Å². The number of nitrogens with zero attached hydrogens (tertiary/aromatic N) is 1. The van der Waals surface area contributed by atoms with Crippen molar-refractivity contribution >= 4 is 6.09 Å². The highest BCUT2D eigenvalue weighted by Gasteiger charge is 2.33. The highest BCUT2D eigenvalue weighted by Crippen LogP contribution is 2.34. The molecule has 6 nitrogen and oxygen atoms in total. The lowest BCUT2D eigenvalue weighted by Gasteiger charge is -2.40. The first-order valence-electron chi connectivity index (χ1n) is 7.26. The van der Waals surface area contributed by atoms with Crippen LogP contribution in [0.2, 0.25) is 0 Å². The molecule has 1 rings (SSSR count). The number of piperidine rings is 1. The van der Waals surface area contributed by atoms with Gasteiger partial charge >= 0.3 is 6.09 Å². The number of nitrogens with one attached hydrogen (secondary N) is 1. The minimum Gasteiger partial charge on any atom is -0.442 e. The Morgan fingerprint density at radius 2 is 1.95 bits per heavy atom. The number of hydroxylamine groups is 1. The van der Waals surface area contributed by atoms with E-state index in [-0.39, 0.29) is 5.41 Å². The third-order valence-electron chi connectivity index (χ3n) is 3.66. The van der Waals surface area contributed by atoms with Gasteiger partial charge in [-0.25, -0.2) is 4.79 Å². The summed E-state index contributed by atoms with van der Waals surface area (Å²) in [5.41, 5.74) is 7.63. The number of hydrogen-bond donors (Lipinski definition) is 2. The van der Waals surface area contributed by atoms with Crippen LogP contribution in [0.15, 0.2) is 0 Å². The summed E-state index contributed by atoms with van der Waals surface area (Å²) >= 11 is 0. The van der Waals surface area contributed by atoms with Crippen molar-refractivity contribution in [2.75, 3.05) is 33.3 Å². The van der Waals surface area contributed by atoms with E-state index >= 15 is 0 Å². The third kappa shape index (κ3) is 6.07. The van der Waals surface area contributed by atoms with Crippen molar-refractivity contribution in [1.82, 2.24) is 10.4 Å². The molecule has 1 saturated heterocycles. The Hall–Kier alpha value is -0.850. The van der Waals surface area contributed by atoms with E-state index in [1.807, 2.05) is 20.8 Å². The van der Waals surface area contributed by atoms with Crippen LogP contribution in [0.5, 0.6) is 0 Å². The van der Waals surface area contributed by atoms with Crippen molar-refractivity contribution in [3.63, 3.8) is 0 Å². The minimum atomic E-state index is -0.548. The third-order valence-corrected chi connectivity index (χ3v) is 3.66. The molecular formula is C14H29N3O3. The molecule has 6 heteroatoms. The Kier molecular flexibility index (Phi) is 6.23. The summed E-state index contributed by atoms with van der Waals surface area (Å²) < 4.78 is 5.13. The fourth-order valence-corrected chi connectivity index (χ4v) is 2.41. The highest BCUT2D eigenvalue weighted by atomic mass is 16.7. The van der Waals surface area contributed by atoms with Crippen LogP contribution >= 0.6 is 0 Å². The van der Waals surface area contributed by atoms with Gasteiger partial charge in [0.25, 0.3) is 0 Å². The Labute approximate surface area is 121 Å². The summed E-state index contributed by atoms with van der Waals surface area (Å²) in [5.74, 6) is 0. The summed E-state index contributed by atoms with van der Waals surface area (Å²) in [5, 5.41) is 0. The molecule has 0 aromatic rings. The second-order valence-electron chi connectivity index (χ2n) is 6.73. The molecule has 20 heavy (non-hydrogen) atoms. The number of nitrogens with two attached hydrogens (primary N) is 1.